The normalized spacial score (nSPS) is 11.3. The Kier molecular flexibility index (Phi) is 5.74. The molecule has 0 unspecified atom stereocenters. The lowest BCUT2D eigenvalue weighted by Crippen LogP contribution is -2.14. The molecule has 0 aliphatic carbocycles. The molecule has 2 aromatic heterocycles. The van der Waals surface area contributed by atoms with E-state index in [1.54, 1.807) is 18.0 Å². The van der Waals surface area contributed by atoms with Crippen LogP contribution in [0.4, 0.5) is 5.13 Å². The van der Waals surface area contributed by atoms with Crippen LogP contribution < -0.4 is 5.32 Å². The SMILES string of the molecule is CC(C)(C)c1csc(NC(=O)c2ccc(SCc3cccnc3)cc2)n1. The van der Waals surface area contributed by atoms with Gasteiger partial charge in [0.05, 0.1) is 5.69 Å². The van der Waals surface area contributed by atoms with Crippen LogP contribution in [-0.4, -0.2) is 15.9 Å². The topological polar surface area (TPSA) is 54.9 Å². The van der Waals surface area contributed by atoms with Gasteiger partial charge in [-0.25, -0.2) is 4.98 Å². The smallest absolute Gasteiger partial charge is 0.257 e. The van der Waals surface area contributed by atoms with Crippen molar-refractivity contribution < 1.29 is 4.79 Å². The number of pyridine rings is 1. The summed E-state index contributed by atoms with van der Waals surface area (Å²) in [4.78, 5) is 22.1. The molecule has 2 heterocycles. The van der Waals surface area contributed by atoms with E-state index < -0.39 is 0 Å². The lowest BCUT2D eigenvalue weighted by atomic mass is 9.93. The number of amides is 1. The van der Waals surface area contributed by atoms with E-state index in [1.807, 2.05) is 41.9 Å². The Balaban J connectivity index is 1.59. The highest BCUT2D eigenvalue weighted by atomic mass is 32.2. The molecule has 0 bridgehead atoms. The highest BCUT2D eigenvalue weighted by Gasteiger charge is 2.18. The highest BCUT2D eigenvalue weighted by Crippen LogP contribution is 2.27. The van der Waals surface area contributed by atoms with Crippen LogP contribution in [0.1, 0.15) is 42.4 Å². The summed E-state index contributed by atoms with van der Waals surface area (Å²) in [5.41, 5.74) is 2.77. The van der Waals surface area contributed by atoms with Gasteiger partial charge in [-0.1, -0.05) is 26.8 Å². The van der Waals surface area contributed by atoms with Crippen LogP contribution in [0.5, 0.6) is 0 Å². The average Bonchev–Trinajstić information content (AvgIpc) is 3.10. The molecule has 0 spiro atoms. The molecule has 26 heavy (non-hydrogen) atoms. The molecule has 1 amide bonds. The van der Waals surface area contributed by atoms with Crippen LogP contribution in [0, 0.1) is 0 Å². The summed E-state index contributed by atoms with van der Waals surface area (Å²) in [5.74, 6) is 0.720. The van der Waals surface area contributed by atoms with Crippen molar-refractivity contribution >= 4 is 34.1 Å². The van der Waals surface area contributed by atoms with Gasteiger partial charge < -0.3 is 0 Å². The van der Waals surface area contributed by atoms with Crippen LogP contribution in [0.3, 0.4) is 0 Å². The molecular weight excluding hydrogens is 362 g/mol. The minimum Gasteiger partial charge on any atom is -0.298 e. The van der Waals surface area contributed by atoms with E-state index in [0.717, 1.165) is 16.3 Å². The highest BCUT2D eigenvalue weighted by molar-refractivity contribution is 7.98. The average molecular weight is 384 g/mol. The number of carbonyl (C=O) groups excluding carboxylic acids is 1. The summed E-state index contributed by atoms with van der Waals surface area (Å²) in [6.45, 7) is 6.32. The summed E-state index contributed by atoms with van der Waals surface area (Å²) >= 11 is 3.18. The Morgan fingerprint density at radius 3 is 2.58 bits per heavy atom. The number of hydrogen-bond donors (Lipinski definition) is 1. The quantitative estimate of drug-likeness (QED) is 0.601. The summed E-state index contributed by atoms with van der Waals surface area (Å²) in [6, 6.07) is 11.6. The lowest BCUT2D eigenvalue weighted by molar-refractivity contribution is 0.102. The maximum absolute atomic E-state index is 12.4. The zero-order valence-corrected chi connectivity index (χ0v) is 16.7. The second-order valence-corrected chi connectivity index (χ2v) is 8.82. The molecule has 4 nitrogen and oxygen atoms in total. The Morgan fingerprint density at radius 2 is 1.96 bits per heavy atom. The van der Waals surface area contributed by atoms with Gasteiger partial charge in [-0.2, -0.15) is 0 Å². The van der Waals surface area contributed by atoms with Crippen LogP contribution in [0.2, 0.25) is 0 Å². The first-order valence-electron chi connectivity index (χ1n) is 8.31. The van der Waals surface area contributed by atoms with Gasteiger partial charge in [-0.05, 0) is 35.9 Å². The van der Waals surface area contributed by atoms with Gasteiger partial charge in [0.1, 0.15) is 0 Å². The summed E-state index contributed by atoms with van der Waals surface area (Å²) in [5, 5.41) is 5.51. The second kappa shape index (κ2) is 8.01. The van der Waals surface area contributed by atoms with Crippen molar-refractivity contribution in [1.82, 2.24) is 9.97 Å². The number of carbonyl (C=O) groups is 1. The molecule has 134 valence electrons. The Labute approximate surface area is 162 Å². The van der Waals surface area contributed by atoms with E-state index in [-0.39, 0.29) is 11.3 Å². The number of hydrogen-bond acceptors (Lipinski definition) is 5. The Bertz CT molecular complexity index is 868. The van der Waals surface area contributed by atoms with E-state index >= 15 is 0 Å². The molecule has 3 aromatic rings. The first-order chi connectivity index (χ1) is 12.4. The fraction of sp³-hybridized carbons (Fsp3) is 0.250. The van der Waals surface area contributed by atoms with Crippen LogP contribution >= 0.6 is 23.1 Å². The van der Waals surface area contributed by atoms with Crippen LogP contribution in [0.25, 0.3) is 0 Å². The van der Waals surface area contributed by atoms with Crippen molar-refractivity contribution in [2.24, 2.45) is 0 Å². The molecule has 0 radical (unpaired) electrons. The standard InChI is InChI=1S/C20H21N3OS2/c1-20(2,3)17-13-26-19(22-17)23-18(24)15-6-8-16(9-7-15)25-12-14-5-4-10-21-11-14/h4-11,13H,12H2,1-3H3,(H,22,23,24). The monoisotopic (exact) mass is 383 g/mol. The Hall–Kier alpha value is -2.18. The molecule has 0 saturated heterocycles. The molecule has 6 heteroatoms. The largest absolute Gasteiger partial charge is 0.298 e. The summed E-state index contributed by atoms with van der Waals surface area (Å²) < 4.78 is 0. The first-order valence-corrected chi connectivity index (χ1v) is 10.2. The van der Waals surface area contributed by atoms with Crippen LogP contribution in [-0.2, 0) is 11.2 Å². The molecular formula is C20H21N3OS2. The zero-order chi connectivity index (χ0) is 18.6. The molecule has 3 rings (SSSR count). The van der Waals surface area contributed by atoms with Gasteiger partial charge in [0.2, 0.25) is 0 Å². The molecule has 0 aliphatic heterocycles. The van der Waals surface area contributed by atoms with E-state index in [4.69, 9.17) is 0 Å². The fourth-order valence-electron chi connectivity index (χ4n) is 2.20. The molecule has 1 aromatic carbocycles. The minimum absolute atomic E-state index is 0.0212. The molecule has 0 saturated carbocycles. The van der Waals surface area contributed by atoms with Crippen LogP contribution in [0.15, 0.2) is 59.1 Å². The maximum atomic E-state index is 12.4. The minimum atomic E-state index is -0.136. The van der Waals surface area contributed by atoms with Crippen molar-refractivity contribution in [2.45, 2.75) is 36.8 Å². The number of thiazole rings is 1. The molecule has 1 N–H and O–H groups in total. The first kappa shape index (κ1) is 18.6. The van der Waals surface area contributed by atoms with Gasteiger partial charge in [0.25, 0.3) is 5.91 Å². The number of aromatic nitrogens is 2. The predicted octanol–water partition coefficient (Wildman–Crippen LogP) is 5.38. The van der Waals surface area contributed by atoms with E-state index in [2.05, 4.69) is 42.1 Å². The predicted molar refractivity (Wildman–Crippen MR) is 109 cm³/mol. The van der Waals surface area contributed by atoms with E-state index in [9.17, 15) is 4.79 Å². The number of thioether (sulfide) groups is 1. The number of nitrogens with one attached hydrogen (secondary N) is 1. The molecule has 0 aliphatic rings. The lowest BCUT2D eigenvalue weighted by Gasteiger charge is -2.14. The zero-order valence-electron chi connectivity index (χ0n) is 15.0. The van der Waals surface area contributed by atoms with Crippen molar-refractivity contribution in [3.05, 3.63) is 71.0 Å². The molecule has 0 atom stereocenters. The molecule has 0 fully saturated rings. The van der Waals surface area contributed by atoms with Gasteiger partial charge in [-0.3, -0.25) is 15.1 Å². The van der Waals surface area contributed by atoms with E-state index in [0.29, 0.717) is 10.7 Å². The third-order valence-electron chi connectivity index (χ3n) is 3.74. The number of nitrogens with zero attached hydrogens (tertiary/aromatic N) is 2. The van der Waals surface area contributed by atoms with Crippen molar-refractivity contribution in [2.75, 3.05) is 5.32 Å². The Morgan fingerprint density at radius 1 is 1.19 bits per heavy atom. The number of anilines is 1. The fourth-order valence-corrected chi connectivity index (χ4v) is 3.96. The van der Waals surface area contributed by atoms with Crippen molar-refractivity contribution in [3.63, 3.8) is 0 Å². The van der Waals surface area contributed by atoms with Gasteiger partial charge in [0.15, 0.2) is 5.13 Å². The van der Waals surface area contributed by atoms with Gasteiger partial charge in [-0.15, -0.1) is 23.1 Å². The van der Waals surface area contributed by atoms with E-state index in [1.165, 1.54) is 16.9 Å². The summed E-state index contributed by atoms with van der Waals surface area (Å²) in [6.07, 6.45) is 3.64. The third-order valence-corrected chi connectivity index (χ3v) is 5.58. The summed E-state index contributed by atoms with van der Waals surface area (Å²) in [7, 11) is 0. The van der Waals surface area contributed by atoms with Crippen molar-refractivity contribution in [3.8, 4) is 0 Å². The third kappa shape index (κ3) is 4.93. The number of rotatable bonds is 5. The number of benzene rings is 1. The maximum Gasteiger partial charge on any atom is 0.257 e. The van der Waals surface area contributed by atoms with Gasteiger partial charge >= 0.3 is 0 Å². The second-order valence-electron chi connectivity index (χ2n) is 6.92. The van der Waals surface area contributed by atoms with Gasteiger partial charge in [0, 0.05) is 39.4 Å². The van der Waals surface area contributed by atoms with Crippen molar-refractivity contribution in [1.29, 1.82) is 0 Å².